The number of halogens is 1. The lowest BCUT2D eigenvalue weighted by Gasteiger charge is -2.40. The summed E-state index contributed by atoms with van der Waals surface area (Å²) in [6.07, 6.45) is -6.31. The highest BCUT2D eigenvalue weighted by Gasteiger charge is 2.45. The molecule has 1 heterocycles. The zero-order valence-corrected chi connectivity index (χ0v) is 18.6. The minimum Gasteiger partial charge on any atom is -0.494 e. The number of benzene rings is 2. The molecule has 2 aromatic rings. The fourth-order valence-electron chi connectivity index (χ4n) is 3.47. The smallest absolute Gasteiger partial charge is 0.331 e. The maximum Gasteiger partial charge on any atom is 0.331 e. The monoisotopic (exact) mass is 466 g/mol. The van der Waals surface area contributed by atoms with E-state index >= 15 is 0 Å². The number of methoxy groups -OCH3 is 1. The average Bonchev–Trinajstić information content (AvgIpc) is 2.80. The van der Waals surface area contributed by atoms with Crippen LogP contribution in [0, 0.1) is 0 Å². The molecule has 0 amide bonds. The quantitative estimate of drug-likeness (QED) is 0.506. The number of aliphatic hydroxyl groups excluding tert-OH is 3. The van der Waals surface area contributed by atoms with Gasteiger partial charge in [-0.1, -0.05) is 35.9 Å². The Morgan fingerprint density at radius 3 is 2.44 bits per heavy atom. The summed E-state index contributed by atoms with van der Waals surface area (Å²) in [5, 5.41) is 31.5. The molecule has 5 atom stereocenters. The van der Waals surface area contributed by atoms with Crippen molar-refractivity contribution in [2.45, 2.75) is 44.1 Å². The molecule has 0 aromatic heterocycles. The Balaban J connectivity index is 1.79. The van der Waals surface area contributed by atoms with Crippen molar-refractivity contribution in [3.63, 3.8) is 0 Å². The third kappa shape index (κ3) is 5.78. The van der Waals surface area contributed by atoms with Crippen molar-refractivity contribution < 1.29 is 39.1 Å². The lowest BCUT2D eigenvalue weighted by Crippen LogP contribution is -2.55. The molecular weight excluding hydrogens is 440 g/mol. The van der Waals surface area contributed by atoms with E-state index in [2.05, 4.69) is 4.74 Å². The first-order chi connectivity index (χ1) is 15.3. The van der Waals surface area contributed by atoms with Crippen molar-refractivity contribution in [3.8, 4) is 5.75 Å². The van der Waals surface area contributed by atoms with Crippen LogP contribution < -0.4 is 4.74 Å². The summed E-state index contributed by atoms with van der Waals surface area (Å²) in [5.74, 6) is 0.113. The fraction of sp³-hybridized carbons (Fsp3) is 0.435. The first-order valence-corrected chi connectivity index (χ1v) is 10.6. The van der Waals surface area contributed by atoms with E-state index in [0.29, 0.717) is 23.6 Å². The molecule has 0 spiro atoms. The normalized spacial score (nSPS) is 25.4. The van der Waals surface area contributed by atoms with E-state index in [1.807, 2.05) is 31.2 Å². The first-order valence-electron chi connectivity index (χ1n) is 10.2. The van der Waals surface area contributed by atoms with Crippen LogP contribution in [-0.4, -0.2) is 66.2 Å². The predicted octanol–water partition coefficient (Wildman–Crippen LogP) is 2.00. The summed E-state index contributed by atoms with van der Waals surface area (Å²) < 4.78 is 20.9. The van der Waals surface area contributed by atoms with E-state index in [0.717, 1.165) is 16.9 Å². The SMILES string of the molecule is CCOc1ccc(Cc2cc(C3OC(OCC(=O)OC)C(O)C(O)C3O)ccc2Cl)cc1. The van der Waals surface area contributed by atoms with Gasteiger partial charge in [0.15, 0.2) is 6.29 Å². The highest BCUT2D eigenvalue weighted by molar-refractivity contribution is 6.31. The summed E-state index contributed by atoms with van der Waals surface area (Å²) in [7, 11) is 1.20. The number of aliphatic hydroxyl groups is 3. The summed E-state index contributed by atoms with van der Waals surface area (Å²) >= 11 is 6.39. The van der Waals surface area contributed by atoms with Crippen molar-refractivity contribution >= 4 is 17.6 Å². The number of rotatable bonds is 8. The molecule has 3 rings (SSSR count). The predicted molar refractivity (Wildman–Crippen MR) is 115 cm³/mol. The summed E-state index contributed by atoms with van der Waals surface area (Å²) in [5.41, 5.74) is 2.34. The van der Waals surface area contributed by atoms with Gasteiger partial charge in [-0.15, -0.1) is 0 Å². The lowest BCUT2D eigenvalue weighted by molar-refractivity contribution is -0.298. The van der Waals surface area contributed by atoms with Crippen molar-refractivity contribution in [3.05, 3.63) is 64.2 Å². The van der Waals surface area contributed by atoms with E-state index in [4.69, 9.17) is 25.8 Å². The zero-order chi connectivity index (χ0) is 23.3. The Hall–Kier alpha value is -2.20. The second-order valence-corrected chi connectivity index (χ2v) is 7.80. The van der Waals surface area contributed by atoms with Crippen LogP contribution in [-0.2, 0) is 25.4 Å². The molecule has 5 unspecified atom stereocenters. The molecule has 174 valence electrons. The molecule has 8 nitrogen and oxygen atoms in total. The lowest BCUT2D eigenvalue weighted by atomic mass is 9.92. The highest BCUT2D eigenvalue weighted by atomic mass is 35.5. The molecule has 3 N–H and O–H groups in total. The Morgan fingerprint density at radius 1 is 1.06 bits per heavy atom. The minimum absolute atomic E-state index is 0.475. The fourth-order valence-corrected chi connectivity index (χ4v) is 3.65. The van der Waals surface area contributed by atoms with Gasteiger partial charge in [-0.2, -0.15) is 0 Å². The topological polar surface area (TPSA) is 115 Å². The van der Waals surface area contributed by atoms with Crippen LogP contribution in [0.15, 0.2) is 42.5 Å². The van der Waals surface area contributed by atoms with Gasteiger partial charge in [0, 0.05) is 5.02 Å². The van der Waals surface area contributed by atoms with Crippen LogP contribution in [0.3, 0.4) is 0 Å². The Labute approximate surface area is 191 Å². The van der Waals surface area contributed by atoms with Gasteiger partial charge < -0.3 is 34.3 Å². The van der Waals surface area contributed by atoms with Gasteiger partial charge in [0.25, 0.3) is 0 Å². The van der Waals surface area contributed by atoms with Crippen molar-refractivity contribution in [2.24, 2.45) is 0 Å². The molecule has 0 aliphatic carbocycles. The van der Waals surface area contributed by atoms with Crippen LogP contribution >= 0.6 is 11.6 Å². The first kappa shape index (κ1) is 24.4. The molecule has 1 fully saturated rings. The maximum atomic E-state index is 11.4. The number of ether oxygens (including phenoxy) is 4. The van der Waals surface area contributed by atoms with E-state index in [1.165, 1.54) is 7.11 Å². The second-order valence-electron chi connectivity index (χ2n) is 7.39. The number of hydrogen-bond donors (Lipinski definition) is 3. The molecule has 0 radical (unpaired) electrons. The summed E-state index contributed by atoms with van der Waals surface area (Å²) in [6.45, 7) is 2.03. The van der Waals surface area contributed by atoms with Gasteiger partial charge >= 0.3 is 5.97 Å². The van der Waals surface area contributed by atoms with Gasteiger partial charge in [-0.25, -0.2) is 4.79 Å². The minimum atomic E-state index is -1.54. The molecule has 1 saturated heterocycles. The van der Waals surface area contributed by atoms with Crippen LogP contribution in [0.5, 0.6) is 5.75 Å². The van der Waals surface area contributed by atoms with Crippen LogP contribution in [0.4, 0.5) is 0 Å². The van der Waals surface area contributed by atoms with Gasteiger partial charge in [0.2, 0.25) is 0 Å². The molecule has 0 saturated carbocycles. The van der Waals surface area contributed by atoms with E-state index in [1.54, 1.807) is 18.2 Å². The second kappa shape index (κ2) is 11.1. The maximum absolute atomic E-state index is 11.4. The Morgan fingerprint density at radius 2 is 1.78 bits per heavy atom. The van der Waals surface area contributed by atoms with Crippen molar-refractivity contribution in [1.82, 2.24) is 0 Å². The van der Waals surface area contributed by atoms with Gasteiger partial charge in [0.05, 0.1) is 13.7 Å². The van der Waals surface area contributed by atoms with Gasteiger partial charge in [-0.05, 0) is 48.2 Å². The van der Waals surface area contributed by atoms with E-state index in [-0.39, 0.29) is 0 Å². The van der Waals surface area contributed by atoms with Crippen molar-refractivity contribution in [2.75, 3.05) is 20.3 Å². The van der Waals surface area contributed by atoms with Crippen molar-refractivity contribution in [1.29, 1.82) is 0 Å². The van der Waals surface area contributed by atoms with E-state index < -0.39 is 43.3 Å². The van der Waals surface area contributed by atoms with E-state index in [9.17, 15) is 20.1 Å². The largest absolute Gasteiger partial charge is 0.494 e. The third-order valence-electron chi connectivity index (χ3n) is 5.19. The summed E-state index contributed by atoms with van der Waals surface area (Å²) in [4.78, 5) is 11.4. The molecule has 2 aromatic carbocycles. The van der Waals surface area contributed by atoms with Crippen LogP contribution in [0.2, 0.25) is 5.02 Å². The third-order valence-corrected chi connectivity index (χ3v) is 5.56. The molecule has 0 bridgehead atoms. The molecule has 1 aliphatic rings. The average molecular weight is 467 g/mol. The molecule has 32 heavy (non-hydrogen) atoms. The van der Waals surface area contributed by atoms with Crippen LogP contribution in [0.25, 0.3) is 0 Å². The van der Waals surface area contributed by atoms with Gasteiger partial charge in [0.1, 0.15) is 36.8 Å². The number of esters is 1. The zero-order valence-electron chi connectivity index (χ0n) is 17.8. The number of carbonyl (C=O) groups is 1. The molecule has 9 heteroatoms. The van der Waals surface area contributed by atoms with Gasteiger partial charge in [-0.3, -0.25) is 0 Å². The molecular formula is C23H27ClO8. The highest BCUT2D eigenvalue weighted by Crippen LogP contribution is 2.35. The van der Waals surface area contributed by atoms with Crippen LogP contribution in [0.1, 0.15) is 29.7 Å². The Bertz CT molecular complexity index is 903. The summed E-state index contributed by atoms with van der Waals surface area (Å²) in [6, 6.07) is 12.8. The molecule has 1 aliphatic heterocycles. The number of carbonyl (C=O) groups excluding carboxylic acids is 1. The number of hydrogen-bond acceptors (Lipinski definition) is 8. The Kier molecular flexibility index (Phi) is 8.47. The standard InChI is InChI=1S/C23H27ClO8/c1-3-30-16-7-4-13(5-8-16)10-15-11-14(6-9-17(15)24)22-20(27)19(26)21(28)23(32-22)31-12-18(25)29-2/h4-9,11,19-23,26-28H,3,10,12H2,1-2H3.